The molecule has 1 atom stereocenters. The molecule has 0 fully saturated rings. The number of thiazole rings is 1. The van der Waals surface area contributed by atoms with Crippen molar-refractivity contribution in [1.82, 2.24) is 4.57 Å². The van der Waals surface area contributed by atoms with Gasteiger partial charge in [0.1, 0.15) is 0 Å². The molecule has 5 rings (SSSR count). The fraction of sp³-hybridized carbons (Fsp3) is 0.265. The first kappa shape index (κ1) is 30.6. The molecule has 44 heavy (non-hydrogen) atoms. The third-order valence-corrected chi connectivity index (χ3v) is 7.95. The summed E-state index contributed by atoms with van der Waals surface area (Å²) < 4.78 is 30.1. The molecule has 0 unspecified atom stereocenters. The van der Waals surface area contributed by atoms with E-state index in [1.165, 1.54) is 18.4 Å². The Morgan fingerprint density at radius 2 is 1.57 bits per heavy atom. The van der Waals surface area contributed by atoms with E-state index in [2.05, 4.69) is 0 Å². The minimum absolute atomic E-state index is 0.160. The standard InChI is InChI=1S/C34H34N2O7S/c1-6-41-25-16-14-21(18-27(25)42-7-2)19-28-32(37)36-31(23-15-17-24(39-4)26(20-23)40-5)29(33(38)43-8-3)30(35-34(36)44-28)22-12-10-9-11-13-22/h9-20,31H,6-8H2,1-5H3/b28-19-/t31-/m1/s1. The van der Waals surface area contributed by atoms with E-state index in [1.807, 2.05) is 68.4 Å². The summed E-state index contributed by atoms with van der Waals surface area (Å²) in [5.74, 6) is 1.65. The van der Waals surface area contributed by atoms with Crippen molar-refractivity contribution in [1.29, 1.82) is 0 Å². The molecule has 1 aliphatic heterocycles. The number of rotatable bonds is 11. The van der Waals surface area contributed by atoms with Crippen LogP contribution >= 0.6 is 11.3 Å². The van der Waals surface area contributed by atoms with Crippen LogP contribution in [0, 0.1) is 0 Å². The number of carbonyl (C=O) groups excluding carboxylic acids is 1. The first-order valence-electron chi connectivity index (χ1n) is 14.3. The quantitative estimate of drug-likeness (QED) is 0.225. The molecule has 4 aromatic rings. The topological polar surface area (TPSA) is 97.6 Å². The van der Waals surface area contributed by atoms with Crippen LogP contribution in [-0.4, -0.2) is 44.6 Å². The van der Waals surface area contributed by atoms with Crippen LogP contribution in [-0.2, 0) is 9.53 Å². The number of nitrogens with zero attached hydrogens (tertiary/aromatic N) is 2. The van der Waals surface area contributed by atoms with Gasteiger partial charge >= 0.3 is 5.97 Å². The smallest absolute Gasteiger partial charge is 0.338 e. The van der Waals surface area contributed by atoms with Crippen LogP contribution in [0.15, 0.2) is 82.1 Å². The SMILES string of the molecule is CCOC(=O)C1=C(c2ccccc2)N=c2s/c(=C\c3ccc(OCC)c(OCC)c3)c(=O)n2[C@@H]1c1ccc(OC)c(OC)c1. The highest BCUT2D eigenvalue weighted by Gasteiger charge is 2.35. The Morgan fingerprint density at radius 3 is 2.25 bits per heavy atom. The molecule has 0 bridgehead atoms. The summed E-state index contributed by atoms with van der Waals surface area (Å²) in [6, 6.07) is 19.5. The third-order valence-electron chi connectivity index (χ3n) is 6.96. The van der Waals surface area contributed by atoms with Gasteiger partial charge in [0.15, 0.2) is 27.8 Å². The Balaban J connectivity index is 1.79. The van der Waals surface area contributed by atoms with Crippen molar-refractivity contribution in [2.24, 2.45) is 4.99 Å². The van der Waals surface area contributed by atoms with Gasteiger partial charge in [0, 0.05) is 5.56 Å². The van der Waals surface area contributed by atoms with Crippen molar-refractivity contribution in [3.63, 3.8) is 0 Å². The van der Waals surface area contributed by atoms with Crippen LogP contribution in [0.5, 0.6) is 23.0 Å². The van der Waals surface area contributed by atoms with Crippen molar-refractivity contribution >= 4 is 29.1 Å². The summed E-state index contributed by atoms with van der Waals surface area (Å²) in [5, 5.41) is 0. The van der Waals surface area contributed by atoms with Gasteiger partial charge < -0.3 is 23.7 Å². The van der Waals surface area contributed by atoms with E-state index in [-0.39, 0.29) is 17.7 Å². The molecule has 0 N–H and O–H groups in total. The van der Waals surface area contributed by atoms with Crippen LogP contribution in [0.4, 0.5) is 0 Å². The highest BCUT2D eigenvalue weighted by molar-refractivity contribution is 7.07. The van der Waals surface area contributed by atoms with Crippen molar-refractivity contribution < 1.29 is 28.5 Å². The lowest BCUT2D eigenvalue weighted by atomic mass is 9.93. The van der Waals surface area contributed by atoms with Crippen LogP contribution < -0.4 is 33.8 Å². The maximum absolute atomic E-state index is 14.2. The Hall–Kier alpha value is -4.83. The van der Waals surface area contributed by atoms with E-state index >= 15 is 0 Å². The average Bonchev–Trinajstić information content (AvgIpc) is 3.35. The van der Waals surface area contributed by atoms with Gasteiger partial charge in [-0.2, -0.15) is 0 Å². The van der Waals surface area contributed by atoms with Crippen LogP contribution in [0.3, 0.4) is 0 Å². The van der Waals surface area contributed by atoms with E-state index in [0.29, 0.717) is 56.8 Å². The minimum atomic E-state index is -0.846. The lowest BCUT2D eigenvalue weighted by Gasteiger charge is -2.26. The van der Waals surface area contributed by atoms with E-state index in [9.17, 15) is 9.59 Å². The van der Waals surface area contributed by atoms with Crippen molar-refractivity contribution in [3.8, 4) is 23.0 Å². The zero-order chi connectivity index (χ0) is 31.2. The molecule has 0 radical (unpaired) electrons. The zero-order valence-electron chi connectivity index (χ0n) is 25.3. The van der Waals surface area contributed by atoms with Gasteiger partial charge in [-0.1, -0.05) is 53.8 Å². The molecule has 0 amide bonds. The van der Waals surface area contributed by atoms with E-state index < -0.39 is 12.0 Å². The van der Waals surface area contributed by atoms with E-state index in [4.69, 9.17) is 28.7 Å². The average molecular weight is 615 g/mol. The predicted molar refractivity (Wildman–Crippen MR) is 169 cm³/mol. The van der Waals surface area contributed by atoms with Gasteiger partial charge in [0.2, 0.25) is 0 Å². The molecule has 1 aromatic heterocycles. The first-order valence-corrected chi connectivity index (χ1v) is 15.2. The third kappa shape index (κ3) is 5.98. The molecule has 0 saturated heterocycles. The Kier molecular flexibility index (Phi) is 9.50. The molecule has 0 saturated carbocycles. The van der Waals surface area contributed by atoms with Crippen LogP contribution in [0.25, 0.3) is 11.8 Å². The Morgan fingerprint density at radius 1 is 0.864 bits per heavy atom. The lowest BCUT2D eigenvalue weighted by molar-refractivity contribution is -0.138. The number of carbonyl (C=O) groups is 1. The molecule has 10 heteroatoms. The summed E-state index contributed by atoms with van der Waals surface area (Å²) in [7, 11) is 3.09. The van der Waals surface area contributed by atoms with Crippen molar-refractivity contribution in [2.45, 2.75) is 26.8 Å². The fourth-order valence-corrected chi connectivity index (χ4v) is 6.09. The lowest BCUT2D eigenvalue weighted by Crippen LogP contribution is -2.40. The maximum atomic E-state index is 14.2. The number of aromatic nitrogens is 1. The summed E-state index contributed by atoms with van der Waals surface area (Å²) in [5.41, 5.74) is 2.53. The van der Waals surface area contributed by atoms with Gasteiger partial charge in [0.25, 0.3) is 5.56 Å². The Labute approximate surface area is 259 Å². The van der Waals surface area contributed by atoms with Crippen molar-refractivity contribution in [2.75, 3.05) is 34.0 Å². The highest BCUT2D eigenvalue weighted by Crippen LogP contribution is 2.38. The molecule has 3 aromatic carbocycles. The summed E-state index contributed by atoms with van der Waals surface area (Å²) in [4.78, 5) is 33.3. The normalized spacial score (nSPS) is 14.5. The zero-order valence-corrected chi connectivity index (χ0v) is 26.1. The van der Waals surface area contributed by atoms with Gasteiger partial charge in [-0.05, 0) is 62.2 Å². The van der Waals surface area contributed by atoms with Gasteiger partial charge in [-0.15, -0.1) is 0 Å². The van der Waals surface area contributed by atoms with E-state index in [1.54, 1.807) is 36.8 Å². The molecule has 228 valence electrons. The number of benzene rings is 3. The monoisotopic (exact) mass is 614 g/mol. The van der Waals surface area contributed by atoms with Gasteiger partial charge in [0.05, 0.1) is 55.9 Å². The second-order valence-electron chi connectivity index (χ2n) is 9.62. The summed E-state index contributed by atoms with van der Waals surface area (Å²) in [6.45, 7) is 6.69. The second-order valence-corrected chi connectivity index (χ2v) is 10.6. The first-order chi connectivity index (χ1) is 21.4. The van der Waals surface area contributed by atoms with Gasteiger partial charge in [-0.3, -0.25) is 9.36 Å². The molecule has 1 aliphatic rings. The highest BCUT2D eigenvalue weighted by atomic mass is 32.1. The molecule has 9 nitrogen and oxygen atoms in total. The number of hydrogen-bond acceptors (Lipinski definition) is 9. The molecular weight excluding hydrogens is 580 g/mol. The molecule has 2 heterocycles. The number of hydrogen-bond donors (Lipinski definition) is 0. The van der Waals surface area contributed by atoms with Crippen molar-refractivity contribution in [3.05, 3.63) is 109 Å². The number of fused-ring (bicyclic) bond motifs is 1. The minimum Gasteiger partial charge on any atom is -0.493 e. The summed E-state index contributed by atoms with van der Waals surface area (Å²) >= 11 is 1.25. The molecular formula is C34H34N2O7S. The fourth-order valence-electron chi connectivity index (χ4n) is 5.09. The number of methoxy groups -OCH3 is 2. The largest absolute Gasteiger partial charge is 0.493 e. The Bertz CT molecular complexity index is 1880. The van der Waals surface area contributed by atoms with Gasteiger partial charge in [-0.25, -0.2) is 9.79 Å². The molecule has 0 spiro atoms. The maximum Gasteiger partial charge on any atom is 0.338 e. The van der Waals surface area contributed by atoms with E-state index in [0.717, 1.165) is 11.1 Å². The molecule has 0 aliphatic carbocycles. The summed E-state index contributed by atoms with van der Waals surface area (Å²) in [6.07, 6.45) is 1.80. The predicted octanol–water partition coefficient (Wildman–Crippen LogP) is 4.75. The van der Waals surface area contributed by atoms with Crippen LogP contribution in [0.1, 0.15) is 43.5 Å². The van der Waals surface area contributed by atoms with Crippen LogP contribution in [0.2, 0.25) is 0 Å². The number of esters is 1. The second kappa shape index (κ2) is 13.6. The number of ether oxygens (including phenoxy) is 5.